The number of aromatic nitrogens is 1. The van der Waals surface area contributed by atoms with Gasteiger partial charge in [-0.2, -0.15) is 0 Å². The molecule has 1 unspecified atom stereocenters. The van der Waals surface area contributed by atoms with E-state index in [1.165, 1.54) is 0 Å². The molecule has 1 fully saturated rings. The first kappa shape index (κ1) is 13.8. The Balaban J connectivity index is 1.87. The Morgan fingerprint density at radius 3 is 2.90 bits per heavy atom. The summed E-state index contributed by atoms with van der Waals surface area (Å²) < 4.78 is 24.7. The van der Waals surface area contributed by atoms with Crippen LogP contribution >= 0.6 is 15.9 Å². The summed E-state index contributed by atoms with van der Waals surface area (Å²) in [4.78, 5) is 4.33. The number of sulfone groups is 1. The lowest BCUT2D eigenvalue weighted by Crippen LogP contribution is -2.25. The Morgan fingerprint density at radius 2 is 2.15 bits per heavy atom. The fourth-order valence-corrected chi connectivity index (χ4v) is 4.87. The van der Waals surface area contributed by atoms with Crippen LogP contribution in [-0.2, 0) is 9.84 Å². The third-order valence-corrected chi connectivity index (χ3v) is 6.68. The van der Waals surface area contributed by atoms with Crippen molar-refractivity contribution in [3.63, 3.8) is 0 Å². The predicted molar refractivity (Wildman–Crippen MR) is 84.7 cm³/mol. The van der Waals surface area contributed by atoms with E-state index in [-0.39, 0.29) is 5.25 Å². The summed E-state index contributed by atoms with van der Waals surface area (Å²) >= 11 is 3.52. The van der Waals surface area contributed by atoms with E-state index in [0.29, 0.717) is 12.3 Å². The molecule has 6 heteroatoms. The van der Waals surface area contributed by atoms with Gasteiger partial charge in [0.25, 0.3) is 0 Å². The lowest BCUT2D eigenvalue weighted by atomic mass is 10.1. The van der Waals surface area contributed by atoms with E-state index in [1.807, 2.05) is 24.3 Å². The number of rotatable bonds is 3. The Morgan fingerprint density at radius 1 is 1.30 bits per heavy atom. The monoisotopic (exact) mass is 354 g/mol. The zero-order valence-corrected chi connectivity index (χ0v) is 13.2. The third kappa shape index (κ3) is 2.54. The first-order valence-electron chi connectivity index (χ1n) is 6.56. The van der Waals surface area contributed by atoms with Gasteiger partial charge in [-0.3, -0.25) is 0 Å². The molecule has 1 saturated heterocycles. The Bertz CT molecular complexity index is 746. The van der Waals surface area contributed by atoms with Crippen LogP contribution in [0.1, 0.15) is 12.8 Å². The maximum absolute atomic E-state index is 11.8. The summed E-state index contributed by atoms with van der Waals surface area (Å²) in [5.74, 6) is 1.05. The van der Waals surface area contributed by atoms with E-state index in [9.17, 15) is 8.42 Å². The normalized spacial score (nSPS) is 21.1. The highest BCUT2D eigenvalue weighted by Gasteiger charge is 2.30. The van der Waals surface area contributed by atoms with Gasteiger partial charge in [0.1, 0.15) is 5.82 Å². The molecule has 106 valence electrons. The van der Waals surface area contributed by atoms with Crippen molar-refractivity contribution in [2.24, 2.45) is 0 Å². The van der Waals surface area contributed by atoms with Gasteiger partial charge >= 0.3 is 0 Å². The lowest BCUT2D eigenvalue weighted by Gasteiger charge is -2.13. The van der Waals surface area contributed by atoms with Crippen molar-refractivity contribution in [2.45, 2.75) is 18.1 Å². The second kappa shape index (κ2) is 5.33. The highest BCUT2D eigenvalue weighted by atomic mass is 79.9. The van der Waals surface area contributed by atoms with Crippen molar-refractivity contribution in [3.05, 3.63) is 34.9 Å². The highest BCUT2D eigenvalue weighted by molar-refractivity contribution is 9.10. The largest absolute Gasteiger partial charge is 0.368 e. The summed E-state index contributed by atoms with van der Waals surface area (Å²) in [5, 5.41) is 4.98. The van der Waals surface area contributed by atoms with Crippen LogP contribution < -0.4 is 5.32 Å². The van der Waals surface area contributed by atoms with Crippen molar-refractivity contribution in [1.29, 1.82) is 0 Å². The first-order chi connectivity index (χ1) is 9.58. The topological polar surface area (TPSA) is 59.1 Å². The smallest absolute Gasteiger partial charge is 0.154 e. The molecule has 0 saturated carbocycles. The van der Waals surface area contributed by atoms with Crippen LogP contribution in [0.2, 0.25) is 0 Å². The molecule has 1 aromatic heterocycles. The van der Waals surface area contributed by atoms with Gasteiger partial charge in [-0.15, -0.1) is 0 Å². The van der Waals surface area contributed by atoms with E-state index >= 15 is 0 Å². The van der Waals surface area contributed by atoms with Crippen LogP contribution in [0.4, 0.5) is 5.82 Å². The molecule has 1 aliphatic rings. The molecule has 1 atom stereocenters. The minimum atomic E-state index is -2.92. The standard InChI is InChI=1S/C14H15BrN2O2S/c15-13-5-1-4-12-11(13)6-7-16-14(12)17-9-10-3-2-8-20(10,18)19/h1,4-7,10H,2-3,8-9H2,(H,16,17). The predicted octanol–water partition coefficient (Wildman–Crippen LogP) is 2.99. The van der Waals surface area contributed by atoms with Gasteiger partial charge in [0, 0.05) is 28.0 Å². The van der Waals surface area contributed by atoms with Gasteiger partial charge in [-0.25, -0.2) is 13.4 Å². The average Bonchev–Trinajstić information content (AvgIpc) is 2.76. The number of benzene rings is 1. The summed E-state index contributed by atoms with van der Waals surface area (Å²) in [6, 6.07) is 7.86. The zero-order chi connectivity index (χ0) is 14.2. The highest BCUT2D eigenvalue weighted by Crippen LogP contribution is 2.28. The summed E-state index contributed by atoms with van der Waals surface area (Å²) in [6.45, 7) is 0.432. The van der Waals surface area contributed by atoms with E-state index in [0.717, 1.165) is 33.9 Å². The molecule has 0 aliphatic carbocycles. The van der Waals surface area contributed by atoms with Gasteiger partial charge < -0.3 is 5.32 Å². The van der Waals surface area contributed by atoms with Crippen LogP contribution in [0, 0.1) is 0 Å². The number of hydrogen-bond acceptors (Lipinski definition) is 4. The van der Waals surface area contributed by atoms with Gasteiger partial charge in [0.2, 0.25) is 0 Å². The zero-order valence-electron chi connectivity index (χ0n) is 10.8. The minimum absolute atomic E-state index is 0.285. The van der Waals surface area contributed by atoms with Gasteiger partial charge in [0.05, 0.1) is 11.0 Å². The van der Waals surface area contributed by atoms with Gasteiger partial charge in [-0.1, -0.05) is 28.1 Å². The maximum Gasteiger partial charge on any atom is 0.154 e. The summed E-state index contributed by atoms with van der Waals surface area (Å²) in [6.07, 6.45) is 3.24. The second-order valence-corrected chi connectivity index (χ2v) is 8.26. The molecule has 3 rings (SSSR count). The molecule has 2 aromatic rings. The molecule has 1 aliphatic heterocycles. The number of fused-ring (bicyclic) bond motifs is 1. The molecular formula is C14H15BrN2O2S. The number of pyridine rings is 1. The number of halogens is 1. The molecule has 0 bridgehead atoms. The van der Waals surface area contributed by atoms with E-state index in [1.54, 1.807) is 6.20 Å². The number of nitrogens with one attached hydrogen (secondary N) is 1. The second-order valence-electron chi connectivity index (χ2n) is 5.01. The molecule has 0 amide bonds. The Kier molecular flexibility index (Phi) is 3.69. The van der Waals surface area contributed by atoms with Crippen LogP contribution in [0.5, 0.6) is 0 Å². The SMILES string of the molecule is O=S1(=O)CCCC1CNc1nccc2c(Br)cccc12. The molecule has 0 spiro atoms. The average molecular weight is 355 g/mol. The third-order valence-electron chi connectivity index (χ3n) is 3.71. The number of anilines is 1. The fraction of sp³-hybridized carbons (Fsp3) is 0.357. The molecule has 1 N–H and O–H groups in total. The maximum atomic E-state index is 11.8. The lowest BCUT2D eigenvalue weighted by molar-refractivity contribution is 0.591. The van der Waals surface area contributed by atoms with Crippen LogP contribution in [-0.4, -0.2) is 30.9 Å². The van der Waals surface area contributed by atoms with Crippen LogP contribution in [0.25, 0.3) is 10.8 Å². The number of hydrogen-bond donors (Lipinski definition) is 1. The van der Waals surface area contributed by atoms with Crippen LogP contribution in [0.3, 0.4) is 0 Å². The molecule has 20 heavy (non-hydrogen) atoms. The van der Waals surface area contributed by atoms with Gasteiger partial charge in [-0.05, 0) is 25.0 Å². The fourth-order valence-electron chi connectivity index (χ4n) is 2.61. The van der Waals surface area contributed by atoms with Crippen molar-refractivity contribution in [1.82, 2.24) is 4.98 Å². The molecular weight excluding hydrogens is 340 g/mol. The van der Waals surface area contributed by atoms with E-state index in [4.69, 9.17) is 0 Å². The summed E-state index contributed by atoms with van der Waals surface area (Å²) in [7, 11) is -2.92. The van der Waals surface area contributed by atoms with E-state index < -0.39 is 9.84 Å². The van der Waals surface area contributed by atoms with Crippen molar-refractivity contribution >= 4 is 42.4 Å². The van der Waals surface area contributed by atoms with Crippen molar-refractivity contribution in [2.75, 3.05) is 17.6 Å². The van der Waals surface area contributed by atoms with E-state index in [2.05, 4.69) is 26.2 Å². The van der Waals surface area contributed by atoms with Crippen LogP contribution in [0.15, 0.2) is 34.9 Å². The molecule has 2 heterocycles. The van der Waals surface area contributed by atoms with Crippen molar-refractivity contribution in [3.8, 4) is 0 Å². The quantitative estimate of drug-likeness (QED) is 0.920. The summed E-state index contributed by atoms with van der Waals surface area (Å²) in [5.41, 5.74) is 0. The Labute approximate surface area is 126 Å². The van der Waals surface area contributed by atoms with Gasteiger partial charge in [0.15, 0.2) is 9.84 Å². The molecule has 1 aromatic carbocycles. The Hall–Kier alpha value is -1.14. The van der Waals surface area contributed by atoms with Crippen molar-refractivity contribution < 1.29 is 8.42 Å². The molecule has 4 nitrogen and oxygen atoms in total. The number of nitrogens with zero attached hydrogens (tertiary/aromatic N) is 1. The molecule has 0 radical (unpaired) electrons. The first-order valence-corrected chi connectivity index (χ1v) is 9.07. The minimum Gasteiger partial charge on any atom is -0.368 e.